The minimum absolute atomic E-state index is 0.0977. The van der Waals surface area contributed by atoms with Gasteiger partial charge >= 0.3 is 0 Å². The fourth-order valence-corrected chi connectivity index (χ4v) is 2.91. The number of non-ortho nitro benzene ring substituents is 1. The molecule has 10 heteroatoms. The first-order valence-electron chi connectivity index (χ1n) is 7.74. The van der Waals surface area contributed by atoms with E-state index in [0.717, 1.165) is 6.07 Å². The predicted molar refractivity (Wildman–Crippen MR) is 101 cm³/mol. The molecule has 1 atom stereocenters. The van der Waals surface area contributed by atoms with Gasteiger partial charge in [0.1, 0.15) is 18.5 Å². The van der Waals surface area contributed by atoms with Crippen LogP contribution in [0, 0.1) is 10.1 Å². The maximum Gasteiger partial charge on any atom is 0.270 e. The molecule has 0 aliphatic rings. The second-order valence-corrected chi connectivity index (χ2v) is 6.54. The highest BCUT2D eigenvalue weighted by Gasteiger charge is 2.14. The van der Waals surface area contributed by atoms with Crippen LogP contribution in [0.2, 0.25) is 10.0 Å². The summed E-state index contributed by atoms with van der Waals surface area (Å²) in [7, 11) is 0. The molecule has 0 saturated carbocycles. The van der Waals surface area contributed by atoms with Crippen molar-refractivity contribution in [1.29, 1.82) is 0 Å². The molecule has 0 aliphatic heterocycles. The Kier molecular flexibility index (Phi) is 5.59. The van der Waals surface area contributed by atoms with Crippen molar-refractivity contribution in [1.82, 2.24) is 9.55 Å². The topological polar surface area (TPSA) is 107 Å². The average molecular weight is 410 g/mol. The first kappa shape index (κ1) is 19.1. The van der Waals surface area contributed by atoms with Crippen molar-refractivity contribution in [2.75, 3.05) is 6.61 Å². The summed E-state index contributed by atoms with van der Waals surface area (Å²) in [6.45, 7) is -0.226. The summed E-state index contributed by atoms with van der Waals surface area (Å²) < 4.78 is 6.61. The number of aliphatic hydroxyl groups excluding tert-OH is 1. The van der Waals surface area contributed by atoms with Crippen LogP contribution in [0.15, 0.2) is 47.5 Å². The van der Waals surface area contributed by atoms with Crippen molar-refractivity contribution >= 4 is 39.8 Å². The SMILES string of the molecule is O=c1c2cc([N+](=O)[O-])ccc2ncn1CC(O)COc1ccc(Cl)cc1Cl. The highest BCUT2D eigenvalue weighted by atomic mass is 35.5. The third-order valence-corrected chi connectivity index (χ3v) is 4.28. The molecule has 140 valence electrons. The number of halogens is 2. The van der Waals surface area contributed by atoms with Gasteiger partial charge in [0.05, 0.1) is 33.7 Å². The molecule has 8 nitrogen and oxygen atoms in total. The van der Waals surface area contributed by atoms with E-state index in [1.807, 2.05) is 0 Å². The number of ether oxygens (including phenoxy) is 1. The van der Waals surface area contributed by atoms with Crippen LogP contribution >= 0.6 is 23.2 Å². The van der Waals surface area contributed by atoms with Gasteiger partial charge in [-0.25, -0.2) is 4.98 Å². The molecule has 0 bridgehead atoms. The largest absolute Gasteiger partial charge is 0.489 e. The van der Waals surface area contributed by atoms with Crippen LogP contribution in [0.5, 0.6) is 5.75 Å². The molecule has 0 spiro atoms. The first-order valence-corrected chi connectivity index (χ1v) is 8.50. The monoisotopic (exact) mass is 409 g/mol. The Bertz CT molecular complexity index is 1070. The zero-order valence-corrected chi connectivity index (χ0v) is 15.2. The van der Waals surface area contributed by atoms with Crippen molar-refractivity contribution in [3.8, 4) is 5.75 Å². The van der Waals surface area contributed by atoms with Gasteiger partial charge in [-0.3, -0.25) is 19.5 Å². The van der Waals surface area contributed by atoms with Gasteiger partial charge < -0.3 is 9.84 Å². The molecule has 1 N–H and O–H groups in total. The lowest BCUT2D eigenvalue weighted by molar-refractivity contribution is -0.384. The van der Waals surface area contributed by atoms with Gasteiger partial charge in [0.25, 0.3) is 11.2 Å². The maximum atomic E-state index is 12.5. The van der Waals surface area contributed by atoms with Gasteiger partial charge in [-0.15, -0.1) is 0 Å². The smallest absolute Gasteiger partial charge is 0.270 e. The van der Waals surface area contributed by atoms with Crippen LogP contribution in [0.1, 0.15) is 0 Å². The Morgan fingerprint density at radius 1 is 1.26 bits per heavy atom. The highest BCUT2D eigenvalue weighted by molar-refractivity contribution is 6.35. The number of aromatic nitrogens is 2. The van der Waals surface area contributed by atoms with E-state index in [9.17, 15) is 20.0 Å². The fraction of sp³-hybridized carbons (Fsp3) is 0.176. The van der Waals surface area contributed by atoms with Crippen molar-refractivity contribution in [2.45, 2.75) is 12.6 Å². The fourth-order valence-electron chi connectivity index (χ4n) is 2.45. The minimum Gasteiger partial charge on any atom is -0.489 e. The number of fused-ring (bicyclic) bond motifs is 1. The normalized spacial score (nSPS) is 12.1. The van der Waals surface area contributed by atoms with E-state index in [1.165, 1.54) is 29.1 Å². The van der Waals surface area contributed by atoms with Gasteiger partial charge in [0.2, 0.25) is 0 Å². The Labute approximate surface area is 162 Å². The summed E-state index contributed by atoms with van der Waals surface area (Å²) in [6, 6.07) is 8.52. The molecule has 1 unspecified atom stereocenters. The molecule has 3 aromatic rings. The van der Waals surface area contributed by atoms with Gasteiger partial charge in [-0.2, -0.15) is 0 Å². The second-order valence-electron chi connectivity index (χ2n) is 5.70. The van der Waals surface area contributed by atoms with Crippen LogP contribution in [0.3, 0.4) is 0 Å². The van der Waals surface area contributed by atoms with Crippen molar-refractivity contribution in [2.24, 2.45) is 0 Å². The third kappa shape index (κ3) is 4.36. The van der Waals surface area contributed by atoms with Crippen molar-refractivity contribution < 1.29 is 14.8 Å². The zero-order chi connectivity index (χ0) is 19.6. The quantitative estimate of drug-likeness (QED) is 0.495. The number of hydrogen-bond donors (Lipinski definition) is 1. The predicted octanol–water partition coefficient (Wildman–Crippen LogP) is 3.05. The Balaban J connectivity index is 1.76. The molecule has 0 aliphatic carbocycles. The average Bonchev–Trinajstić information content (AvgIpc) is 2.63. The number of hydrogen-bond acceptors (Lipinski definition) is 6. The van der Waals surface area contributed by atoms with Crippen LogP contribution in [-0.4, -0.2) is 32.3 Å². The van der Waals surface area contributed by atoms with E-state index in [4.69, 9.17) is 27.9 Å². The summed E-state index contributed by atoms with van der Waals surface area (Å²) in [4.78, 5) is 26.9. The van der Waals surface area contributed by atoms with Crippen LogP contribution in [-0.2, 0) is 6.54 Å². The van der Waals surface area contributed by atoms with Crippen LogP contribution in [0.25, 0.3) is 10.9 Å². The van der Waals surface area contributed by atoms with Crippen LogP contribution in [0.4, 0.5) is 5.69 Å². The lowest BCUT2D eigenvalue weighted by Crippen LogP contribution is -2.30. The molecule has 0 fully saturated rings. The standard InChI is InChI=1S/C17H13Cl2N3O5/c18-10-1-4-16(14(19)5-10)27-8-12(23)7-21-9-20-15-3-2-11(22(25)26)6-13(15)17(21)24/h1-6,9,12,23H,7-8H2. The molecule has 3 rings (SSSR count). The number of rotatable bonds is 6. The van der Waals surface area contributed by atoms with E-state index < -0.39 is 16.6 Å². The van der Waals surface area contributed by atoms with Crippen molar-refractivity contribution in [3.63, 3.8) is 0 Å². The van der Waals surface area contributed by atoms with E-state index in [0.29, 0.717) is 21.3 Å². The van der Waals surface area contributed by atoms with Gasteiger partial charge in [0.15, 0.2) is 0 Å². The summed E-state index contributed by atoms with van der Waals surface area (Å²) in [5, 5.41) is 21.9. The number of benzene rings is 2. The first-order chi connectivity index (χ1) is 12.8. The number of nitro groups is 1. The third-order valence-electron chi connectivity index (χ3n) is 3.75. The molecule has 1 aromatic heterocycles. The highest BCUT2D eigenvalue weighted by Crippen LogP contribution is 2.27. The van der Waals surface area contributed by atoms with Gasteiger partial charge in [-0.1, -0.05) is 23.2 Å². The van der Waals surface area contributed by atoms with Gasteiger partial charge in [0, 0.05) is 17.2 Å². The van der Waals surface area contributed by atoms with Crippen molar-refractivity contribution in [3.05, 3.63) is 73.2 Å². The van der Waals surface area contributed by atoms with E-state index in [1.54, 1.807) is 12.1 Å². The lowest BCUT2D eigenvalue weighted by Gasteiger charge is -2.15. The lowest BCUT2D eigenvalue weighted by atomic mass is 10.2. The summed E-state index contributed by atoms with van der Waals surface area (Å²) >= 11 is 11.8. The Morgan fingerprint density at radius 2 is 2.04 bits per heavy atom. The second kappa shape index (κ2) is 7.91. The van der Waals surface area contributed by atoms with E-state index in [-0.39, 0.29) is 24.2 Å². The van der Waals surface area contributed by atoms with E-state index in [2.05, 4.69) is 4.98 Å². The summed E-state index contributed by atoms with van der Waals surface area (Å²) in [5.74, 6) is 0.347. The number of aliphatic hydroxyl groups is 1. The zero-order valence-electron chi connectivity index (χ0n) is 13.7. The number of nitrogens with zero attached hydrogens (tertiary/aromatic N) is 3. The summed E-state index contributed by atoms with van der Waals surface area (Å²) in [6.07, 6.45) is 0.238. The molecule has 27 heavy (non-hydrogen) atoms. The molecular weight excluding hydrogens is 397 g/mol. The Morgan fingerprint density at radius 3 is 2.74 bits per heavy atom. The molecule has 0 saturated heterocycles. The number of nitro benzene ring substituents is 1. The van der Waals surface area contributed by atoms with Gasteiger partial charge in [-0.05, 0) is 24.3 Å². The summed E-state index contributed by atoms with van der Waals surface area (Å²) in [5.41, 5.74) is -0.367. The van der Waals surface area contributed by atoms with E-state index >= 15 is 0 Å². The Hall–Kier alpha value is -2.68. The minimum atomic E-state index is -1.03. The molecule has 2 aromatic carbocycles. The molecular formula is C17H13Cl2N3O5. The maximum absolute atomic E-state index is 12.5. The van der Waals surface area contributed by atoms with Crippen LogP contribution < -0.4 is 10.3 Å². The molecule has 0 radical (unpaired) electrons. The molecule has 0 amide bonds. The molecule has 1 heterocycles.